The molecule has 5 aromatic rings. The van der Waals surface area contributed by atoms with Crippen molar-refractivity contribution >= 4 is 72.2 Å². The van der Waals surface area contributed by atoms with Crippen LogP contribution in [0.4, 0.5) is 5.69 Å². The fraction of sp³-hybridized carbons (Fsp3) is 0.355. The van der Waals surface area contributed by atoms with Crippen LogP contribution in [0.25, 0.3) is 30.9 Å². The van der Waals surface area contributed by atoms with Gasteiger partial charge in [-0.15, -0.1) is 22.7 Å². The zero-order valence-electron chi connectivity index (χ0n) is 26.1. The number of aromatic amines is 2. The van der Waals surface area contributed by atoms with Crippen LogP contribution in [-0.2, 0) is 22.7 Å². The van der Waals surface area contributed by atoms with Gasteiger partial charge in [-0.1, -0.05) is 30.7 Å². The number of H-pyrrole nitrogens is 2. The fourth-order valence-electron chi connectivity index (χ4n) is 4.91. The molecule has 1 aromatic carbocycles. The summed E-state index contributed by atoms with van der Waals surface area (Å²) in [6.07, 6.45) is 0. The number of benzene rings is 1. The number of likely N-dealkylation sites (N-methyl/N-ethyl adjacent to an activating group) is 2. The molecule has 15 heteroatoms. The zero-order valence-corrected chi connectivity index (χ0v) is 28.5. The molecule has 4 N–H and O–H groups in total. The van der Waals surface area contributed by atoms with Crippen molar-refractivity contribution in [1.82, 2.24) is 35.1 Å². The second kappa shape index (κ2) is 13.8. The molecule has 5 rings (SSSR count). The number of nitrogens with zero attached hydrogens (tertiary/aromatic N) is 4. The van der Waals surface area contributed by atoms with Crippen LogP contribution in [0.5, 0.6) is 0 Å². The van der Waals surface area contributed by atoms with E-state index in [1.165, 1.54) is 22.7 Å². The van der Waals surface area contributed by atoms with Gasteiger partial charge in [-0.3, -0.25) is 29.0 Å². The molecule has 0 aliphatic rings. The van der Waals surface area contributed by atoms with E-state index in [9.17, 15) is 19.2 Å². The Bertz CT molecular complexity index is 2030. The third-order valence-electron chi connectivity index (χ3n) is 6.87. The van der Waals surface area contributed by atoms with Gasteiger partial charge in [-0.25, -0.2) is 9.97 Å². The van der Waals surface area contributed by atoms with E-state index in [0.717, 1.165) is 4.88 Å². The van der Waals surface area contributed by atoms with Gasteiger partial charge in [0.2, 0.25) is 11.8 Å². The number of fused-ring (bicyclic) bond motifs is 2. The summed E-state index contributed by atoms with van der Waals surface area (Å²) in [7, 11) is 1.76. The molecule has 242 valence electrons. The summed E-state index contributed by atoms with van der Waals surface area (Å²) in [6, 6.07) is 8.90. The highest BCUT2D eigenvalue weighted by atomic mass is 35.5. The van der Waals surface area contributed by atoms with E-state index < -0.39 is 0 Å². The number of anilines is 1. The molecule has 0 saturated carbocycles. The van der Waals surface area contributed by atoms with Crippen molar-refractivity contribution in [2.45, 2.75) is 46.3 Å². The van der Waals surface area contributed by atoms with Crippen molar-refractivity contribution in [3.63, 3.8) is 0 Å². The first-order chi connectivity index (χ1) is 21.8. The van der Waals surface area contributed by atoms with Crippen molar-refractivity contribution < 1.29 is 9.59 Å². The number of aromatic nitrogens is 4. The molecular weight excluding hydrogens is 648 g/mol. The highest BCUT2D eigenvalue weighted by molar-refractivity contribution is 7.22. The van der Waals surface area contributed by atoms with Crippen LogP contribution in [0.15, 0.2) is 45.3 Å². The minimum Gasteiger partial charge on any atom is -0.350 e. The van der Waals surface area contributed by atoms with Crippen molar-refractivity contribution in [2.24, 2.45) is 0 Å². The summed E-state index contributed by atoms with van der Waals surface area (Å²) in [6.45, 7) is 9.10. The summed E-state index contributed by atoms with van der Waals surface area (Å²) in [5.41, 5.74) is 1.41. The van der Waals surface area contributed by atoms with Gasteiger partial charge in [0, 0.05) is 16.0 Å². The smallest absolute Gasteiger partial charge is 0.268 e. The van der Waals surface area contributed by atoms with Gasteiger partial charge in [-0.2, -0.15) is 0 Å². The predicted octanol–water partition coefficient (Wildman–Crippen LogP) is 4.41. The van der Waals surface area contributed by atoms with E-state index in [-0.39, 0.29) is 48.1 Å². The number of amides is 2. The molecule has 46 heavy (non-hydrogen) atoms. The highest BCUT2D eigenvalue weighted by Crippen LogP contribution is 2.38. The van der Waals surface area contributed by atoms with Crippen LogP contribution in [0.2, 0.25) is 5.02 Å². The quantitative estimate of drug-likeness (QED) is 0.160. The number of carbonyl (C=O) groups is 2. The van der Waals surface area contributed by atoms with Gasteiger partial charge < -0.3 is 20.6 Å². The lowest BCUT2D eigenvalue weighted by atomic mass is 10.1. The summed E-state index contributed by atoms with van der Waals surface area (Å²) in [5.74, 6) is 0.527. The number of thiophene rings is 2. The molecular formula is C31H35ClN8O4S2. The predicted molar refractivity (Wildman–Crippen MR) is 185 cm³/mol. The maximum absolute atomic E-state index is 13.0. The van der Waals surface area contributed by atoms with Crippen LogP contribution in [0.3, 0.4) is 0 Å². The molecule has 0 bridgehead atoms. The molecule has 0 fully saturated rings. The third-order valence-corrected chi connectivity index (χ3v) is 9.34. The van der Waals surface area contributed by atoms with Crippen LogP contribution in [-0.4, -0.2) is 73.8 Å². The van der Waals surface area contributed by atoms with Crippen molar-refractivity contribution in [3.8, 4) is 10.4 Å². The number of nitrogens with one attached hydrogen (secondary N) is 4. The molecule has 0 radical (unpaired) electrons. The average Bonchev–Trinajstić information content (AvgIpc) is 3.60. The van der Waals surface area contributed by atoms with Crippen LogP contribution < -0.4 is 21.8 Å². The zero-order chi connectivity index (χ0) is 33.2. The maximum Gasteiger partial charge on any atom is 0.268 e. The molecule has 0 atom stereocenters. The Hall–Kier alpha value is -3.95. The van der Waals surface area contributed by atoms with Crippen LogP contribution >= 0.6 is 34.3 Å². The van der Waals surface area contributed by atoms with E-state index in [4.69, 9.17) is 11.6 Å². The first kappa shape index (κ1) is 33.4. The largest absolute Gasteiger partial charge is 0.350 e. The number of halogens is 1. The van der Waals surface area contributed by atoms with E-state index in [0.29, 0.717) is 61.4 Å². The lowest BCUT2D eigenvalue weighted by molar-refractivity contribution is -0.123. The summed E-state index contributed by atoms with van der Waals surface area (Å²) < 4.78 is 1.02. The first-order valence-electron chi connectivity index (χ1n) is 14.6. The summed E-state index contributed by atoms with van der Waals surface area (Å²) >= 11 is 9.37. The second-order valence-electron chi connectivity index (χ2n) is 12.0. The Labute approximate surface area is 277 Å². The molecule has 0 aliphatic carbocycles. The number of carbonyl (C=O) groups excluding carboxylic acids is 2. The highest BCUT2D eigenvalue weighted by Gasteiger charge is 2.19. The normalized spacial score (nSPS) is 12.0. The average molecular weight is 683 g/mol. The first-order valence-corrected chi connectivity index (χ1v) is 16.7. The van der Waals surface area contributed by atoms with E-state index in [1.807, 2.05) is 44.0 Å². The van der Waals surface area contributed by atoms with Crippen LogP contribution in [0.1, 0.15) is 39.3 Å². The molecule has 12 nitrogen and oxygen atoms in total. The van der Waals surface area contributed by atoms with Gasteiger partial charge in [0.25, 0.3) is 11.1 Å². The van der Waals surface area contributed by atoms with Crippen molar-refractivity contribution in [2.75, 3.05) is 32.0 Å². The van der Waals surface area contributed by atoms with E-state index in [2.05, 4.69) is 30.6 Å². The van der Waals surface area contributed by atoms with Crippen LogP contribution in [0, 0.1) is 0 Å². The Morgan fingerprint density at radius 3 is 2.37 bits per heavy atom. The second-order valence-corrected chi connectivity index (χ2v) is 14.3. The Morgan fingerprint density at radius 1 is 0.957 bits per heavy atom. The van der Waals surface area contributed by atoms with E-state index in [1.54, 1.807) is 36.2 Å². The minimum absolute atomic E-state index is 0.0313. The van der Waals surface area contributed by atoms with Gasteiger partial charge >= 0.3 is 0 Å². The molecule has 0 saturated heterocycles. The SMILES string of the molecule is CCN(CC(=O)NC(C)(C)C)Cc1nc2cc(-c3cccc(NC(=O)CN(C)Cc4nc5ccsc5c(=O)[nH]4)c3Cl)sc2c(=O)[nH]1. The number of hydrogen-bond acceptors (Lipinski definition) is 10. The Balaban J connectivity index is 1.28. The fourth-order valence-corrected chi connectivity index (χ4v) is 6.99. The lowest BCUT2D eigenvalue weighted by Gasteiger charge is -2.24. The monoisotopic (exact) mass is 682 g/mol. The maximum atomic E-state index is 13.0. The summed E-state index contributed by atoms with van der Waals surface area (Å²) in [5, 5.41) is 7.96. The lowest BCUT2D eigenvalue weighted by Crippen LogP contribution is -2.45. The summed E-state index contributed by atoms with van der Waals surface area (Å²) in [4.78, 5) is 69.8. The molecule has 4 heterocycles. The van der Waals surface area contributed by atoms with Gasteiger partial charge in [0.05, 0.1) is 47.9 Å². The molecule has 2 amide bonds. The van der Waals surface area contributed by atoms with Gasteiger partial charge in [-0.05, 0) is 57.9 Å². The van der Waals surface area contributed by atoms with Crippen molar-refractivity contribution in [3.05, 3.63) is 73.1 Å². The minimum atomic E-state index is -0.340. The molecule has 0 aliphatic heterocycles. The van der Waals surface area contributed by atoms with E-state index >= 15 is 0 Å². The Kier molecular flexibility index (Phi) is 10.0. The standard InChI is InChI=1S/C31H35ClN8O4S2/c1-6-40(16-25(42)38-31(2,3)4)14-23-34-20-12-21(46-28(20)30(44)37-23)17-8-7-9-18(26(17)32)35-24(41)15-39(5)13-22-33-19-10-11-45-27(19)29(43)36-22/h7-12H,6,13-16H2,1-5H3,(H,35,41)(H,38,42)(H,33,36,43)(H,34,37,44). The number of rotatable bonds is 11. The number of hydrogen-bond donors (Lipinski definition) is 4. The van der Waals surface area contributed by atoms with Crippen molar-refractivity contribution in [1.29, 1.82) is 0 Å². The molecule has 0 unspecified atom stereocenters. The Morgan fingerprint density at radius 2 is 1.65 bits per heavy atom. The topological polar surface area (TPSA) is 156 Å². The van der Waals surface area contributed by atoms with Gasteiger partial charge in [0.15, 0.2) is 0 Å². The molecule has 4 aromatic heterocycles. The van der Waals surface area contributed by atoms with Gasteiger partial charge in [0.1, 0.15) is 21.0 Å². The molecule has 0 spiro atoms. The third kappa shape index (κ3) is 8.06.